The Bertz CT molecular complexity index is 509. The van der Waals surface area contributed by atoms with Crippen LogP contribution >= 0.6 is 15.9 Å². The van der Waals surface area contributed by atoms with Crippen molar-refractivity contribution < 1.29 is 19.4 Å². The summed E-state index contributed by atoms with van der Waals surface area (Å²) in [5, 5.41) is 9.04. The number of carbonyl (C=O) groups is 1. The number of carboxylic acids is 1. The Morgan fingerprint density at radius 3 is 2.67 bits per heavy atom. The van der Waals surface area contributed by atoms with E-state index >= 15 is 0 Å². The van der Waals surface area contributed by atoms with Crippen molar-refractivity contribution in [1.82, 2.24) is 0 Å². The summed E-state index contributed by atoms with van der Waals surface area (Å²) >= 11 is 3.48. The molecule has 1 aromatic carbocycles. The summed E-state index contributed by atoms with van der Waals surface area (Å²) in [6.45, 7) is 1.71. The van der Waals surface area contributed by atoms with Gasteiger partial charge in [0, 0.05) is 0 Å². The maximum Gasteiger partial charge on any atom is 0.306 e. The molecule has 1 aliphatic rings. The second-order valence-electron chi connectivity index (χ2n) is 5.58. The van der Waals surface area contributed by atoms with Gasteiger partial charge in [0.15, 0.2) is 11.5 Å². The highest BCUT2D eigenvalue weighted by Crippen LogP contribution is 2.39. The molecule has 0 saturated heterocycles. The van der Waals surface area contributed by atoms with E-state index in [9.17, 15) is 4.79 Å². The standard InChI is InChI=1S/C16H21BrO4/c1-10(16(18)19)7-11-8-13(17)15(20-2)14(9-11)21-12-5-3-4-6-12/h8-10,12H,3-7H2,1-2H3,(H,18,19). The third-order valence-electron chi connectivity index (χ3n) is 3.83. The molecule has 0 amide bonds. The Morgan fingerprint density at radius 1 is 1.43 bits per heavy atom. The zero-order chi connectivity index (χ0) is 15.4. The first kappa shape index (κ1) is 16.1. The Balaban J connectivity index is 2.23. The number of rotatable bonds is 6. The van der Waals surface area contributed by atoms with Crippen molar-refractivity contribution in [1.29, 1.82) is 0 Å². The molecule has 0 bridgehead atoms. The van der Waals surface area contributed by atoms with Crippen LogP contribution in [0.2, 0.25) is 0 Å². The molecule has 0 spiro atoms. The van der Waals surface area contributed by atoms with Gasteiger partial charge in [-0.3, -0.25) is 4.79 Å². The average Bonchev–Trinajstić information content (AvgIpc) is 2.91. The van der Waals surface area contributed by atoms with Crippen LogP contribution in [0.25, 0.3) is 0 Å². The van der Waals surface area contributed by atoms with E-state index in [4.69, 9.17) is 14.6 Å². The van der Waals surface area contributed by atoms with Crippen LogP contribution in [-0.4, -0.2) is 24.3 Å². The molecule has 0 heterocycles. The maximum atomic E-state index is 11.0. The summed E-state index contributed by atoms with van der Waals surface area (Å²) < 4.78 is 12.3. The average molecular weight is 357 g/mol. The third-order valence-corrected chi connectivity index (χ3v) is 4.42. The Kier molecular flexibility index (Phi) is 5.51. The zero-order valence-electron chi connectivity index (χ0n) is 12.4. The third kappa shape index (κ3) is 4.13. The second-order valence-corrected chi connectivity index (χ2v) is 6.43. The fourth-order valence-electron chi connectivity index (χ4n) is 2.65. The molecule has 116 valence electrons. The van der Waals surface area contributed by atoms with E-state index in [1.54, 1.807) is 14.0 Å². The number of halogens is 1. The van der Waals surface area contributed by atoms with Gasteiger partial charge in [-0.05, 0) is 65.7 Å². The quantitative estimate of drug-likeness (QED) is 0.835. The molecular formula is C16H21BrO4. The van der Waals surface area contributed by atoms with E-state index in [2.05, 4.69) is 15.9 Å². The number of ether oxygens (including phenoxy) is 2. The van der Waals surface area contributed by atoms with Crippen molar-refractivity contribution in [2.24, 2.45) is 5.92 Å². The molecule has 0 aromatic heterocycles. The van der Waals surface area contributed by atoms with E-state index in [1.807, 2.05) is 12.1 Å². The van der Waals surface area contributed by atoms with Crippen molar-refractivity contribution in [3.63, 3.8) is 0 Å². The molecule has 1 aromatic rings. The lowest BCUT2D eigenvalue weighted by Gasteiger charge is -2.18. The van der Waals surface area contributed by atoms with Crippen LogP contribution < -0.4 is 9.47 Å². The SMILES string of the molecule is COc1c(Br)cc(CC(C)C(=O)O)cc1OC1CCCC1. The van der Waals surface area contributed by atoms with Gasteiger partial charge >= 0.3 is 5.97 Å². The molecule has 1 saturated carbocycles. The first-order chi connectivity index (χ1) is 10.0. The molecule has 2 rings (SSSR count). The smallest absolute Gasteiger partial charge is 0.306 e. The van der Waals surface area contributed by atoms with Crippen molar-refractivity contribution in [3.05, 3.63) is 22.2 Å². The van der Waals surface area contributed by atoms with Crippen molar-refractivity contribution in [3.8, 4) is 11.5 Å². The van der Waals surface area contributed by atoms with Crippen LogP contribution in [0.4, 0.5) is 0 Å². The number of hydrogen-bond donors (Lipinski definition) is 1. The summed E-state index contributed by atoms with van der Waals surface area (Å²) in [5.74, 6) is 0.157. The van der Waals surface area contributed by atoms with E-state index in [-0.39, 0.29) is 6.10 Å². The number of benzene rings is 1. The summed E-state index contributed by atoms with van der Waals surface area (Å²) in [6, 6.07) is 3.81. The van der Waals surface area contributed by atoms with E-state index < -0.39 is 11.9 Å². The maximum absolute atomic E-state index is 11.0. The fraction of sp³-hybridized carbons (Fsp3) is 0.562. The number of carboxylic acid groups (broad SMARTS) is 1. The molecule has 1 atom stereocenters. The normalized spacial score (nSPS) is 16.7. The first-order valence-corrected chi connectivity index (χ1v) is 8.06. The molecule has 1 fully saturated rings. The second kappa shape index (κ2) is 7.16. The minimum absolute atomic E-state index is 0.234. The van der Waals surface area contributed by atoms with E-state index in [0.29, 0.717) is 17.9 Å². The molecule has 1 unspecified atom stereocenters. The van der Waals surface area contributed by atoms with Gasteiger partial charge in [0.2, 0.25) is 0 Å². The lowest BCUT2D eigenvalue weighted by atomic mass is 10.0. The minimum Gasteiger partial charge on any atom is -0.492 e. The van der Waals surface area contributed by atoms with Gasteiger partial charge < -0.3 is 14.6 Å². The molecule has 21 heavy (non-hydrogen) atoms. The van der Waals surface area contributed by atoms with Crippen LogP contribution in [0.1, 0.15) is 38.2 Å². The molecule has 0 aliphatic heterocycles. The van der Waals surface area contributed by atoms with Crippen LogP contribution in [0.3, 0.4) is 0 Å². The fourth-order valence-corrected chi connectivity index (χ4v) is 3.30. The first-order valence-electron chi connectivity index (χ1n) is 7.27. The number of methoxy groups -OCH3 is 1. The Hall–Kier alpha value is -1.23. The zero-order valence-corrected chi connectivity index (χ0v) is 14.0. The summed E-state index contributed by atoms with van der Waals surface area (Å²) in [4.78, 5) is 11.0. The van der Waals surface area contributed by atoms with Gasteiger partial charge in [-0.25, -0.2) is 0 Å². The van der Waals surface area contributed by atoms with E-state index in [0.717, 1.165) is 22.9 Å². The van der Waals surface area contributed by atoms with Gasteiger partial charge in [-0.2, -0.15) is 0 Å². The molecule has 4 nitrogen and oxygen atoms in total. The molecule has 0 radical (unpaired) electrons. The highest BCUT2D eigenvalue weighted by Gasteiger charge is 2.21. The highest BCUT2D eigenvalue weighted by molar-refractivity contribution is 9.10. The van der Waals surface area contributed by atoms with Crippen LogP contribution in [0.5, 0.6) is 11.5 Å². The predicted octanol–water partition coefficient (Wildman–Crippen LogP) is 4.04. The van der Waals surface area contributed by atoms with Crippen LogP contribution in [0.15, 0.2) is 16.6 Å². The van der Waals surface area contributed by atoms with Gasteiger partial charge in [0.1, 0.15) is 0 Å². The topological polar surface area (TPSA) is 55.8 Å². The highest BCUT2D eigenvalue weighted by atomic mass is 79.9. The van der Waals surface area contributed by atoms with Crippen LogP contribution in [-0.2, 0) is 11.2 Å². The number of aliphatic carboxylic acids is 1. The van der Waals surface area contributed by atoms with Gasteiger partial charge in [-0.1, -0.05) is 6.92 Å². The summed E-state index contributed by atoms with van der Waals surface area (Å²) in [7, 11) is 1.61. The Labute approximate surface area is 133 Å². The largest absolute Gasteiger partial charge is 0.492 e. The molecule has 5 heteroatoms. The van der Waals surface area contributed by atoms with Gasteiger partial charge in [0.05, 0.1) is 23.6 Å². The summed E-state index contributed by atoms with van der Waals surface area (Å²) in [5.41, 5.74) is 0.936. The minimum atomic E-state index is -0.791. The lowest BCUT2D eigenvalue weighted by Crippen LogP contribution is -2.14. The van der Waals surface area contributed by atoms with Crippen molar-refractivity contribution >= 4 is 21.9 Å². The predicted molar refractivity (Wildman–Crippen MR) is 84.1 cm³/mol. The van der Waals surface area contributed by atoms with Crippen LogP contribution in [0, 0.1) is 5.92 Å². The molecular weight excluding hydrogens is 336 g/mol. The van der Waals surface area contributed by atoms with E-state index in [1.165, 1.54) is 12.8 Å². The summed E-state index contributed by atoms with van der Waals surface area (Å²) in [6.07, 6.45) is 5.23. The number of hydrogen-bond acceptors (Lipinski definition) is 3. The molecule has 1 aliphatic carbocycles. The monoisotopic (exact) mass is 356 g/mol. The lowest BCUT2D eigenvalue weighted by molar-refractivity contribution is -0.141. The van der Waals surface area contributed by atoms with Crippen molar-refractivity contribution in [2.75, 3.05) is 7.11 Å². The molecule has 1 N–H and O–H groups in total. The van der Waals surface area contributed by atoms with Gasteiger partial charge in [0.25, 0.3) is 0 Å². The Morgan fingerprint density at radius 2 is 2.10 bits per heavy atom. The van der Waals surface area contributed by atoms with Gasteiger partial charge in [-0.15, -0.1) is 0 Å². The van der Waals surface area contributed by atoms with Crippen molar-refractivity contribution in [2.45, 2.75) is 45.1 Å².